The molecule has 0 saturated heterocycles. The van der Waals surface area contributed by atoms with Gasteiger partial charge in [0.15, 0.2) is 0 Å². The van der Waals surface area contributed by atoms with Gasteiger partial charge in [0.25, 0.3) is 0 Å². The summed E-state index contributed by atoms with van der Waals surface area (Å²) >= 11 is 5.56. The van der Waals surface area contributed by atoms with E-state index < -0.39 is 0 Å². The fourth-order valence-corrected chi connectivity index (χ4v) is 1.04. The Labute approximate surface area is 70.4 Å². The highest BCUT2D eigenvalue weighted by molar-refractivity contribution is 6.18. The molecule has 0 radical (unpaired) electrons. The van der Waals surface area contributed by atoms with Gasteiger partial charge in [-0.2, -0.15) is 5.26 Å². The number of hydrogen-bond donors (Lipinski definition) is 0. The van der Waals surface area contributed by atoms with Crippen LogP contribution in [0.15, 0.2) is 24.5 Å². The third kappa shape index (κ3) is 1.92. The Morgan fingerprint density at radius 1 is 1.55 bits per heavy atom. The molecule has 0 aliphatic carbocycles. The molecular weight excluding hydrogens is 160 g/mol. The van der Waals surface area contributed by atoms with Crippen LogP contribution < -0.4 is 0 Å². The second-order valence-electron chi connectivity index (χ2n) is 2.12. The van der Waals surface area contributed by atoms with Crippen LogP contribution in [0.5, 0.6) is 0 Å². The first-order valence-electron chi connectivity index (χ1n) is 3.24. The van der Waals surface area contributed by atoms with E-state index in [4.69, 9.17) is 16.9 Å². The van der Waals surface area contributed by atoms with E-state index in [9.17, 15) is 0 Å². The van der Waals surface area contributed by atoms with Crippen LogP contribution in [0.2, 0.25) is 0 Å². The molecule has 11 heavy (non-hydrogen) atoms. The van der Waals surface area contributed by atoms with Crippen LogP contribution in [0, 0.1) is 11.3 Å². The average molecular weight is 167 g/mol. The van der Waals surface area contributed by atoms with Gasteiger partial charge in [-0.15, -0.1) is 11.6 Å². The molecule has 0 saturated carbocycles. The van der Waals surface area contributed by atoms with Crippen molar-refractivity contribution < 1.29 is 0 Å². The quantitative estimate of drug-likeness (QED) is 0.630. The minimum absolute atomic E-state index is 0.209. The molecule has 0 fully saturated rings. The Morgan fingerprint density at radius 2 is 2.18 bits per heavy atom. The number of rotatable bonds is 2. The zero-order valence-corrected chi connectivity index (χ0v) is 6.62. The second-order valence-corrected chi connectivity index (χ2v) is 2.43. The monoisotopic (exact) mass is 166 g/mol. The molecule has 56 valence electrons. The number of hydrogen-bond acceptors (Lipinski definition) is 2. The lowest BCUT2D eigenvalue weighted by atomic mass is 10.1. The fourth-order valence-electron chi connectivity index (χ4n) is 0.794. The van der Waals surface area contributed by atoms with E-state index in [0.717, 1.165) is 5.56 Å². The molecule has 1 aromatic heterocycles. The molecule has 2 nitrogen and oxygen atoms in total. The Hall–Kier alpha value is -1.07. The molecule has 1 heterocycles. The first kappa shape index (κ1) is 8.03. The molecule has 1 atom stereocenters. The Balaban J connectivity index is 2.85. The van der Waals surface area contributed by atoms with Gasteiger partial charge in [-0.25, -0.2) is 0 Å². The van der Waals surface area contributed by atoms with Crippen molar-refractivity contribution in [3.8, 4) is 6.07 Å². The van der Waals surface area contributed by atoms with Crippen LogP contribution in [-0.2, 0) is 0 Å². The van der Waals surface area contributed by atoms with Gasteiger partial charge in [-0.1, -0.05) is 0 Å². The van der Waals surface area contributed by atoms with Crippen molar-refractivity contribution in [2.45, 2.75) is 5.92 Å². The second kappa shape index (κ2) is 3.95. The molecule has 0 bridgehead atoms. The predicted octanol–water partition coefficient (Wildman–Crippen LogP) is 1.93. The van der Waals surface area contributed by atoms with Crippen LogP contribution in [0.4, 0.5) is 0 Å². The van der Waals surface area contributed by atoms with Crippen molar-refractivity contribution in [2.75, 3.05) is 5.88 Å². The standard InChI is InChI=1S/C8H7ClN2/c9-5-8(6-10)7-1-3-11-4-2-7/h1-4,8H,5H2. The van der Waals surface area contributed by atoms with Gasteiger partial charge in [0, 0.05) is 18.3 Å². The smallest absolute Gasteiger partial charge is 0.0849 e. The molecule has 0 amide bonds. The lowest BCUT2D eigenvalue weighted by Crippen LogP contribution is -1.96. The van der Waals surface area contributed by atoms with E-state index in [1.165, 1.54) is 0 Å². The van der Waals surface area contributed by atoms with Crippen molar-refractivity contribution in [1.82, 2.24) is 4.98 Å². The summed E-state index contributed by atoms with van der Waals surface area (Å²) in [5.74, 6) is 0.125. The maximum Gasteiger partial charge on any atom is 0.0849 e. The Kier molecular flexibility index (Phi) is 2.88. The summed E-state index contributed by atoms with van der Waals surface area (Å²) in [4.78, 5) is 3.84. The van der Waals surface area contributed by atoms with Gasteiger partial charge < -0.3 is 0 Å². The molecule has 1 aromatic rings. The number of halogens is 1. The van der Waals surface area contributed by atoms with Gasteiger partial charge in [0.05, 0.1) is 12.0 Å². The first-order valence-corrected chi connectivity index (χ1v) is 3.77. The Morgan fingerprint density at radius 3 is 2.64 bits per heavy atom. The minimum atomic E-state index is -0.209. The number of nitrogens with zero attached hydrogens (tertiary/aromatic N) is 2. The molecule has 1 unspecified atom stereocenters. The van der Waals surface area contributed by atoms with E-state index in [-0.39, 0.29) is 5.92 Å². The van der Waals surface area contributed by atoms with Crippen molar-refractivity contribution in [1.29, 1.82) is 5.26 Å². The van der Waals surface area contributed by atoms with E-state index >= 15 is 0 Å². The van der Waals surface area contributed by atoms with Crippen LogP contribution >= 0.6 is 11.6 Å². The third-order valence-corrected chi connectivity index (χ3v) is 1.73. The van der Waals surface area contributed by atoms with E-state index in [1.54, 1.807) is 24.5 Å². The maximum absolute atomic E-state index is 8.62. The minimum Gasteiger partial charge on any atom is -0.265 e. The number of nitriles is 1. The molecule has 3 heteroatoms. The molecule has 0 spiro atoms. The summed E-state index contributed by atoms with van der Waals surface area (Å²) in [6.45, 7) is 0. The highest BCUT2D eigenvalue weighted by Crippen LogP contribution is 2.14. The zero-order valence-electron chi connectivity index (χ0n) is 5.87. The molecule has 0 aromatic carbocycles. The normalized spacial score (nSPS) is 12.0. The fraction of sp³-hybridized carbons (Fsp3) is 0.250. The summed E-state index contributed by atoms with van der Waals surface area (Å²) in [5, 5.41) is 8.62. The molecule has 1 rings (SSSR count). The van der Waals surface area contributed by atoms with Crippen LogP contribution in [-0.4, -0.2) is 10.9 Å². The summed E-state index contributed by atoms with van der Waals surface area (Å²) in [6, 6.07) is 5.71. The summed E-state index contributed by atoms with van der Waals surface area (Å²) in [6.07, 6.45) is 3.32. The topological polar surface area (TPSA) is 36.7 Å². The van der Waals surface area contributed by atoms with Gasteiger partial charge in [-0.05, 0) is 17.7 Å². The highest BCUT2D eigenvalue weighted by Gasteiger charge is 2.06. The van der Waals surface area contributed by atoms with Gasteiger partial charge in [0.1, 0.15) is 0 Å². The maximum atomic E-state index is 8.62. The molecule has 0 N–H and O–H groups in total. The van der Waals surface area contributed by atoms with E-state index in [2.05, 4.69) is 11.1 Å². The summed E-state index contributed by atoms with van der Waals surface area (Å²) in [5.41, 5.74) is 0.928. The summed E-state index contributed by atoms with van der Waals surface area (Å²) in [7, 11) is 0. The van der Waals surface area contributed by atoms with E-state index in [1.807, 2.05) is 0 Å². The lowest BCUT2D eigenvalue weighted by Gasteiger charge is -2.02. The van der Waals surface area contributed by atoms with Crippen LogP contribution in [0.3, 0.4) is 0 Å². The van der Waals surface area contributed by atoms with Crippen molar-refractivity contribution in [3.05, 3.63) is 30.1 Å². The van der Waals surface area contributed by atoms with Crippen molar-refractivity contribution in [2.24, 2.45) is 0 Å². The van der Waals surface area contributed by atoms with Gasteiger partial charge >= 0.3 is 0 Å². The van der Waals surface area contributed by atoms with Crippen molar-refractivity contribution >= 4 is 11.6 Å². The Bertz CT molecular complexity index is 253. The number of aromatic nitrogens is 1. The number of alkyl halides is 1. The average Bonchev–Trinajstić information content (AvgIpc) is 2.09. The lowest BCUT2D eigenvalue weighted by molar-refractivity contribution is 0.983. The highest BCUT2D eigenvalue weighted by atomic mass is 35.5. The summed E-state index contributed by atoms with van der Waals surface area (Å²) < 4.78 is 0. The van der Waals surface area contributed by atoms with Crippen LogP contribution in [0.25, 0.3) is 0 Å². The van der Waals surface area contributed by atoms with Crippen LogP contribution in [0.1, 0.15) is 11.5 Å². The molecule has 0 aliphatic heterocycles. The molecular formula is C8H7ClN2. The largest absolute Gasteiger partial charge is 0.265 e. The van der Waals surface area contributed by atoms with Crippen molar-refractivity contribution in [3.63, 3.8) is 0 Å². The van der Waals surface area contributed by atoms with Gasteiger partial charge in [-0.3, -0.25) is 4.98 Å². The number of pyridine rings is 1. The van der Waals surface area contributed by atoms with Gasteiger partial charge in [0.2, 0.25) is 0 Å². The molecule has 0 aliphatic rings. The first-order chi connectivity index (χ1) is 5.38. The third-order valence-electron chi connectivity index (χ3n) is 1.42. The van der Waals surface area contributed by atoms with E-state index in [0.29, 0.717) is 5.88 Å². The SMILES string of the molecule is N#CC(CCl)c1ccncc1. The zero-order chi connectivity index (χ0) is 8.10. The predicted molar refractivity (Wildman–Crippen MR) is 43.3 cm³/mol.